The van der Waals surface area contributed by atoms with Crippen molar-refractivity contribution in [1.29, 1.82) is 0 Å². The monoisotopic (exact) mass is 464 g/mol. The number of halogens is 4. The van der Waals surface area contributed by atoms with Gasteiger partial charge in [0, 0.05) is 25.3 Å². The zero-order chi connectivity index (χ0) is 22.1. The zero-order valence-corrected chi connectivity index (χ0v) is 18.1. The Balaban J connectivity index is 0.00000341. The Morgan fingerprint density at radius 2 is 1.74 bits per heavy atom. The number of carboxylic acid groups (broad SMARTS) is 1. The van der Waals surface area contributed by atoms with Gasteiger partial charge in [0.1, 0.15) is 0 Å². The lowest BCUT2D eigenvalue weighted by molar-refractivity contribution is -0.137. The second-order valence-electron chi connectivity index (χ2n) is 7.97. The molecule has 11 heteroatoms. The fourth-order valence-electron chi connectivity index (χ4n) is 4.31. The highest BCUT2D eigenvalue weighted by Gasteiger charge is 2.39. The maximum atomic E-state index is 13.1. The van der Waals surface area contributed by atoms with E-state index in [-0.39, 0.29) is 55.6 Å². The molecule has 3 rings (SSSR count). The Morgan fingerprint density at radius 1 is 1.13 bits per heavy atom. The maximum absolute atomic E-state index is 13.1. The van der Waals surface area contributed by atoms with Crippen LogP contribution in [0.2, 0.25) is 0 Å². The molecule has 0 radical (unpaired) electrons. The van der Waals surface area contributed by atoms with Gasteiger partial charge in [0.2, 0.25) is 5.91 Å². The minimum atomic E-state index is -4.50. The number of carbonyl (C=O) groups is 2. The summed E-state index contributed by atoms with van der Waals surface area (Å²) < 4.78 is 38.6. The highest BCUT2D eigenvalue weighted by atomic mass is 35.5. The van der Waals surface area contributed by atoms with Crippen molar-refractivity contribution in [3.05, 3.63) is 29.3 Å². The van der Waals surface area contributed by atoms with Crippen LogP contribution in [0.25, 0.3) is 0 Å². The third-order valence-electron chi connectivity index (χ3n) is 6.06. The average molecular weight is 465 g/mol. The lowest BCUT2D eigenvalue weighted by Crippen LogP contribution is -2.64. The van der Waals surface area contributed by atoms with Crippen molar-refractivity contribution in [2.45, 2.75) is 44.4 Å². The standard InChI is InChI=1S/C20H27F3N4O3.ClH/c1-13-17(12-25-6-2-3-7-25)27(9-8-26(13)19(29)30)18(28)10-14-4-5-15(11-16(14)24)20(21,22)23;/h4-5,11,13,17H,2-3,6-10,12,24H2,1H3,(H,29,30);1H/t13-,17+;/m0./s1. The number of likely N-dealkylation sites (tertiary alicyclic amines) is 1. The number of anilines is 1. The molecule has 0 aromatic heterocycles. The van der Waals surface area contributed by atoms with E-state index < -0.39 is 17.8 Å². The van der Waals surface area contributed by atoms with Crippen LogP contribution in [0, 0.1) is 0 Å². The number of amides is 2. The summed E-state index contributed by atoms with van der Waals surface area (Å²) in [5.74, 6) is -0.262. The van der Waals surface area contributed by atoms with Crippen molar-refractivity contribution >= 4 is 30.1 Å². The molecule has 7 nitrogen and oxygen atoms in total. The van der Waals surface area contributed by atoms with Gasteiger partial charge in [0.25, 0.3) is 0 Å². The number of hydrogen-bond donors (Lipinski definition) is 2. The molecule has 31 heavy (non-hydrogen) atoms. The van der Waals surface area contributed by atoms with Gasteiger partial charge in [0.05, 0.1) is 24.1 Å². The first-order valence-corrected chi connectivity index (χ1v) is 10.0. The molecule has 2 aliphatic rings. The van der Waals surface area contributed by atoms with E-state index >= 15 is 0 Å². The molecule has 0 unspecified atom stereocenters. The van der Waals surface area contributed by atoms with Crippen LogP contribution in [0.3, 0.4) is 0 Å². The summed E-state index contributed by atoms with van der Waals surface area (Å²) in [6.45, 7) is 4.62. The lowest BCUT2D eigenvalue weighted by atomic mass is 10.00. The minimum absolute atomic E-state index is 0. The van der Waals surface area contributed by atoms with Crippen molar-refractivity contribution in [2.75, 3.05) is 38.5 Å². The van der Waals surface area contributed by atoms with E-state index in [2.05, 4.69) is 4.90 Å². The Kier molecular flexibility index (Phi) is 8.04. The molecule has 2 aliphatic heterocycles. The summed E-state index contributed by atoms with van der Waals surface area (Å²) in [5.41, 5.74) is 5.19. The number of carbonyl (C=O) groups excluding carboxylic acids is 1. The van der Waals surface area contributed by atoms with Crippen molar-refractivity contribution in [3.8, 4) is 0 Å². The summed E-state index contributed by atoms with van der Waals surface area (Å²) in [6.07, 6.45) is -3.51. The van der Waals surface area contributed by atoms with E-state index in [0.29, 0.717) is 12.1 Å². The van der Waals surface area contributed by atoms with Gasteiger partial charge in [-0.05, 0) is 50.6 Å². The molecule has 3 N–H and O–H groups in total. The van der Waals surface area contributed by atoms with Crippen LogP contribution in [0.15, 0.2) is 18.2 Å². The van der Waals surface area contributed by atoms with Gasteiger partial charge < -0.3 is 25.5 Å². The minimum Gasteiger partial charge on any atom is -0.465 e. The van der Waals surface area contributed by atoms with E-state index in [1.165, 1.54) is 11.0 Å². The van der Waals surface area contributed by atoms with E-state index in [1.807, 2.05) is 0 Å². The molecule has 2 saturated heterocycles. The average Bonchev–Trinajstić information content (AvgIpc) is 3.16. The largest absolute Gasteiger partial charge is 0.465 e. The summed E-state index contributed by atoms with van der Waals surface area (Å²) in [5, 5.41) is 9.48. The number of nitrogen functional groups attached to an aromatic ring is 1. The van der Waals surface area contributed by atoms with E-state index in [9.17, 15) is 27.9 Å². The molecule has 2 atom stereocenters. The first-order chi connectivity index (χ1) is 14.1. The van der Waals surface area contributed by atoms with Crippen LogP contribution in [-0.4, -0.2) is 76.6 Å². The Bertz CT molecular complexity index is 802. The van der Waals surface area contributed by atoms with Crippen molar-refractivity contribution in [1.82, 2.24) is 14.7 Å². The molecule has 174 valence electrons. The summed E-state index contributed by atoms with van der Waals surface area (Å²) in [6, 6.07) is 2.30. The van der Waals surface area contributed by atoms with Gasteiger partial charge in [-0.3, -0.25) is 4.79 Å². The quantitative estimate of drug-likeness (QED) is 0.669. The molecule has 0 bridgehead atoms. The molecule has 2 heterocycles. The van der Waals surface area contributed by atoms with E-state index in [1.54, 1.807) is 11.8 Å². The topological polar surface area (TPSA) is 90.1 Å². The van der Waals surface area contributed by atoms with Gasteiger partial charge in [-0.2, -0.15) is 13.2 Å². The third kappa shape index (κ3) is 5.74. The number of piperazine rings is 1. The Labute approximate surface area is 185 Å². The maximum Gasteiger partial charge on any atom is 0.416 e. The SMILES string of the molecule is C[C@H]1[C@@H](CN2CCCC2)N(C(=O)Cc2ccc(C(F)(F)F)cc2N)CCN1C(=O)O.Cl. The van der Waals surface area contributed by atoms with Crippen LogP contribution in [0.5, 0.6) is 0 Å². The molecule has 0 spiro atoms. The predicted octanol–water partition coefficient (Wildman–Crippen LogP) is 2.93. The van der Waals surface area contributed by atoms with Crippen molar-refractivity contribution < 1.29 is 27.9 Å². The van der Waals surface area contributed by atoms with Gasteiger partial charge in [-0.25, -0.2) is 4.79 Å². The molecule has 1 aromatic rings. The number of alkyl halides is 3. The molecule has 2 amide bonds. The Morgan fingerprint density at radius 3 is 2.29 bits per heavy atom. The Hall–Kier alpha value is -2.20. The van der Waals surface area contributed by atoms with Crippen LogP contribution in [-0.2, 0) is 17.4 Å². The van der Waals surface area contributed by atoms with Gasteiger partial charge >= 0.3 is 12.3 Å². The van der Waals surface area contributed by atoms with E-state index in [4.69, 9.17) is 5.73 Å². The summed E-state index contributed by atoms with van der Waals surface area (Å²) >= 11 is 0. The fourth-order valence-corrected chi connectivity index (χ4v) is 4.31. The highest BCUT2D eigenvalue weighted by Crippen LogP contribution is 2.32. The first kappa shape index (κ1) is 25.1. The van der Waals surface area contributed by atoms with Crippen LogP contribution in [0.4, 0.5) is 23.7 Å². The first-order valence-electron chi connectivity index (χ1n) is 10.0. The normalized spacial score (nSPS) is 22.3. The lowest BCUT2D eigenvalue weighted by Gasteiger charge is -2.46. The predicted molar refractivity (Wildman–Crippen MR) is 112 cm³/mol. The van der Waals surface area contributed by atoms with Crippen LogP contribution in [0.1, 0.15) is 30.9 Å². The second-order valence-corrected chi connectivity index (χ2v) is 7.97. The number of hydrogen-bond acceptors (Lipinski definition) is 4. The van der Waals surface area contributed by atoms with Gasteiger partial charge in [0.15, 0.2) is 0 Å². The van der Waals surface area contributed by atoms with Crippen molar-refractivity contribution in [3.63, 3.8) is 0 Å². The fraction of sp³-hybridized carbons (Fsp3) is 0.600. The van der Waals surface area contributed by atoms with E-state index in [0.717, 1.165) is 38.1 Å². The third-order valence-corrected chi connectivity index (χ3v) is 6.06. The molecule has 2 fully saturated rings. The highest BCUT2D eigenvalue weighted by molar-refractivity contribution is 5.85. The molecular formula is C20H28ClF3N4O3. The molecule has 0 saturated carbocycles. The number of nitrogens with zero attached hydrogens (tertiary/aromatic N) is 3. The smallest absolute Gasteiger partial charge is 0.416 e. The van der Waals surface area contributed by atoms with Crippen molar-refractivity contribution in [2.24, 2.45) is 0 Å². The number of nitrogens with two attached hydrogens (primary N) is 1. The second kappa shape index (κ2) is 9.95. The number of rotatable bonds is 4. The van der Waals surface area contributed by atoms with Crippen LogP contribution < -0.4 is 5.73 Å². The summed E-state index contributed by atoms with van der Waals surface area (Å²) in [4.78, 5) is 29.9. The zero-order valence-electron chi connectivity index (χ0n) is 17.3. The number of benzene rings is 1. The molecular weight excluding hydrogens is 437 g/mol. The van der Waals surface area contributed by atoms with Gasteiger partial charge in [-0.1, -0.05) is 6.07 Å². The molecule has 1 aromatic carbocycles. The summed E-state index contributed by atoms with van der Waals surface area (Å²) in [7, 11) is 0. The molecule has 0 aliphatic carbocycles. The van der Waals surface area contributed by atoms with Crippen LogP contribution >= 0.6 is 12.4 Å². The van der Waals surface area contributed by atoms with Gasteiger partial charge in [-0.15, -0.1) is 12.4 Å².